The molecule has 0 aromatic heterocycles. The Kier molecular flexibility index (Phi) is 3.29. The highest BCUT2D eigenvalue weighted by Gasteiger charge is 2.30. The van der Waals surface area contributed by atoms with Crippen molar-refractivity contribution in [2.75, 3.05) is 6.61 Å². The van der Waals surface area contributed by atoms with Crippen LogP contribution in [-0.2, 0) is 4.79 Å². The average molecular weight is 243 g/mol. The minimum Gasteiger partial charge on any atom is -0.493 e. The first-order valence-corrected chi connectivity index (χ1v) is 6.05. The van der Waals surface area contributed by atoms with Gasteiger partial charge < -0.3 is 10.1 Å². The molecule has 1 unspecified atom stereocenters. The van der Waals surface area contributed by atoms with Crippen molar-refractivity contribution in [3.8, 4) is 18.1 Å². The van der Waals surface area contributed by atoms with Crippen molar-refractivity contribution in [3.63, 3.8) is 0 Å². The lowest BCUT2D eigenvalue weighted by Gasteiger charge is -2.28. The van der Waals surface area contributed by atoms with E-state index in [-0.39, 0.29) is 11.8 Å². The Balaban J connectivity index is 2.21. The van der Waals surface area contributed by atoms with Gasteiger partial charge in [-0.3, -0.25) is 4.79 Å². The Morgan fingerprint density at radius 1 is 1.50 bits per heavy atom. The van der Waals surface area contributed by atoms with Gasteiger partial charge in [-0.25, -0.2) is 0 Å². The topological polar surface area (TPSA) is 38.3 Å². The zero-order valence-corrected chi connectivity index (χ0v) is 10.7. The number of terminal acetylenes is 1. The minimum absolute atomic E-state index is 0.0336. The highest BCUT2D eigenvalue weighted by atomic mass is 16.5. The van der Waals surface area contributed by atoms with Crippen molar-refractivity contribution in [2.45, 2.75) is 31.7 Å². The number of para-hydroxylation sites is 1. The van der Waals surface area contributed by atoms with Crippen LogP contribution >= 0.6 is 0 Å². The van der Waals surface area contributed by atoms with E-state index >= 15 is 0 Å². The number of amides is 1. The maximum absolute atomic E-state index is 12.3. The van der Waals surface area contributed by atoms with Crippen LogP contribution in [0.5, 0.6) is 5.75 Å². The molecule has 1 aromatic rings. The number of ether oxygens (including phenoxy) is 1. The smallest absolute Gasteiger partial charge is 0.228 e. The lowest BCUT2D eigenvalue weighted by atomic mass is 9.91. The zero-order valence-electron chi connectivity index (χ0n) is 10.7. The van der Waals surface area contributed by atoms with Crippen LogP contribution < -0.4 is 10.1 Å². The normalized spacial score (nSPS) is 18.2. The Morgan fingerprint density at radius 3 is 2.94 bits per heavy atom. The second kappa shape index (κ2) is 4.73. The summed E-state index contributed by atoms with van der Waals surface area (Å²) in [6, 6.07) is 7.65. The molecule has 18 heavy (non-hydrogen) atoms. The molecule has 0 saturated heterocycles. The van der Waals surface area contributed by atoms with Crippen molar-refractivity contribution in [1.82, 2.24) is 5.32 Å². The Labute approximate surface area is 108 Å². The summed E-state index contributed by atoms with van der Waals surface area (Å²) in [5, 5.41) is 2.89. The second-order valence-electron chi connectivity index (χ2n) is 4.99. The molecule has 3 nitrogen and oxygen atoms in total. The van der Waals surface area contributed by atoms with Gasteiger partial charge in [-0.1, -0.05) is 24.1 Å². The third-order valence-corrected chi connectivity index (χ3v) is 3.07. The fourth-order valence-electron chi connectivity index (χ4n) is 2.05. The molecule has 0 aliphatic carbocycles. The Bertz CT molecular complexity index is 499. The number of nitrogens with one attached hydrogen (secondary N) is 1. The lowest BCUT2D eigenvalue weighted by molar-refractivity contribution is -0.124. The molecule has 94 valence electrons. The van der Waals surface area contributed by atoms with Crippen molar-refractivity contribution in [2.24, 2.45) is 0 Å². The summed E-state index contributed by atoms with van der Waals surface area (Å²) in [4.78, 5) is 12.3. The highest BCUT2D eigenvalue weighted by Crippen LogP contribution is 2.33. The van der Waals surface area contributed by atoms with E-state index < -0.39 is 5.54 Å². The Hall–Kier alpha value is -1.95. The summed E-state index contributed by atoms with van der Waals surface area (Å²) in [6.45, 7) is 4.19. The number of carbonyl (C=O) groups is 1. The van der Waals surface area contributed by atoms with Crippen LogP contribution in [0.4, 0.5) is 0 Å². The Morgan fingerprint density at radius 2 is 2.22 bits per heavy atom. The predicted molar refractivity (Wildman–Crippen MR) is 70.3 cm³/mol. The van der Waals surface area contributed by atoms with Crippen molar-refractivity contribution >= 4 is 5.91 Å². The number of rotatable bonds is 2. The van der Waals surface area contributed by atoms with Crippen LogP contribution in [0.2, 0.25) is 0 Å². The first-order chi connectivity index (χ1) is 8.53. The van der Waals surface area contributed by atoms with Gasteiger partial charge in [0.1, 0.15) is 5.75 Å². The number of hydrogen-bond acceptors (Lipinski definition) is 2. The third kappa shape index (κ3) is 2.48. The van der Waals surface area contributed by atoms with Crippen molar-refractivity contribution in [3.05, 3.63) is 29.8 Å². The lowest BCUT2D eigenvalue weighted by Crippen LogP contribution is -2.45. The number of benzene rings is 1. The molecule has 1 atom stereocenters. The van der Waals surface area contributed by atoms with Gasteiger partial charge in [0.25, 0.3) is 0 Å². The number of fused-ring (bicyclic) bond motifs is 1. The van der Waals surface area contributed by atoms with Crippen LogP contribution in [0.3, 0.4) is 0 Å². The largest absolute Gasteiger partial charge is 0.493 e. The summed E-state index contributed by atoms with van der Waals surface area (Å²) < 4.78 is 5.54. The summed E-state index contributed by atoms with van der Waals surface area (Å²) in [5.41, 5.74) is 0.318. The summed E-state index contributed by atoms with van der Waals surface area (Å²) in [6.07, 6.45) is 6.07. The van der Waals surface area contributed by atoms with Crippen LogP contribution in [0.15, 0.2) is 24.3 Å². The highest BCUT2D eigenvalue weighted by molar-refractivity contribution is 5.85. The van der Waals surface area contributed by atoms with Gasteiger partial charge in [-0.2, -0.15) is 0 Å². The van der Waals surface area contributed by atoms with Gasteiger partial charge in [0, 0.05) is 5.56 Å². The van der Waals surface area contributed by atoms with Gasteiger partial charge in [0.2, 0.25) is 5.91 Å². The first kappa shape index (κ1) is 12.5. The van der Waals surface area contributed by atoms with E-state index in [4.69, 9.17) is 11.2 Å². The third-order valence-electron chi connectivity index (χ3n) is 3.07. The molecule has 0 radical (unpaired) electrons. The molecule has 0 fully saturated rings. The zero-order chi connectivity index (χ0) is 13.2. The average Bonchev–Trinajstić information content (AvgIpc) is 2.37. The van der Waals surface area contributed by atoms with Gasteiger partial charge in [-0.05, 0) is 26.3 Å². The molecule has 1 aliphatic rings. The maximum atomic E-state index is 12.3. The van der Waals surface area contributed by atoms with E-state index in [0.29, 0.717) is 13.0 Å². The standard InChI is InChI=1S/C15H17NO2/c1-4-15(2,3)16-14(17)12-9-10-18-13-8-6-5-7-11(12)13/h1,5-8,12H,9-10H2,2-3H3,(H,16,17). The fourth-order valence-corrected chi connectivity index (χ4v) is 2.05. The van der Waals surface area contributed by atoms with Crippen molar-refractivity contribution < 1.29 is 9.53 Å². The molecular weight excluding hydrogens is 226 g/mol. The monoisotopic (exact) mass is 243 g/mol. The molecule has 1 aromatic carbocycles. The first-order valence-electron chi connectivity index (χ1n) is 6.05. The molecule has 0 saturated carbocycles. The molecule has 1 heterocycles. The number of carbonyl (C=O) groups excluding carboxylic acids is 1. The van der Waals surface area contributed by atoms with E-state index in [1.807, 2.05) is 38.1 Å². The fraction of sp³-hybridized carbons (Fsp3) is 0.400. The van der Waals surface area contributed by atoms with Gasteiger partial charge in [0.15, 0.2) is 0 Å². The molecule has 1 amide bonds. The van der Waals surface area contributed by atoms with Crippen LogP contribution in [0.1, 0.15) is 31.7 Å². The van der Waals surface area contributed by atoms with Gasteiger partial charge in [0.05, 0.1) is 18.1 Å². The molecule has 1 N–H and O–H groups in total. The molecule has 2 rings (SSSR count). The predicted octanol–water partition coefficient (Wildman–Crippen LogP) is 2.08. The summed E-state index contributed by atoms with van der Waals surface area (Å²) in [7, 11) is 0. The van der Waals surface area contributed by atoms with E-state index in [9.17, 15) is 4.79 Å². The van der Waals surface area contributed by atoms with E-state index in [0.717, 1.165) is 11.3 Å². The maximum Gasteiger partial charge on any atom is 0.228 e. The van der Waals surface area contributed by atoms with E-state index in [1.54, 1.807) is 0 Å². The van der Waals surface area contributed by atoms with Gasteiger partial charge >= 0.3 is 0 Å². The van der Waals surface area contributed by atoms with Crippen LogP contribution in [0.25, 0.3) is 0 Å². The molecule has 0 bridgehead atoms. The molecule has 0 spiro atoms. The van der Waals surface area contributed by atoms with E-state index in [2.05, 4.69) is 11.2 Å². The van der Waals surface area contributed by atoms with E-state index in [1.165, 1.54) is 0 Å². The van der Waals surface area contributed by atoms with Crippen LogP contribution in [0, 0.1) is 12.3 Å². The molecular formula is C15H17NO2. The quantitative estimate of drug-likeness (QED) is 0.808. The SMILES string of the molecule is C#CC(C)(C)NC(=O)C1CCOc2ccccc21. The van der Waals surface area contributed by atoms with Gasteiger partial charge in [-0.15, -0.1) is 6.42 Å². The minimum atomic E-state index is -0.621. The number of hydrogen-bond donors (Lipinski definition) is 1. The summed E-state index contributed by atoms with van der Waals surface area (Å²) >= 11 is 0. The second-order valence-corrected chi connectivity index (χ2v) is 4.99. The summed E-state index contributed by atoms with van der Waals surface area (Å²) in [5.74, 6) is 3.15. The van der Waals surface area contributed by atoms with Crippen molar-refractivity contribution in [1.29, 1.82) is 0 Å². The molecule has 1 aliphatic heterocycles. The molecule has 3 heteroatoms. The van der Waals surface area contributed by atoms with Crippen LogP contribution in [-0.4, -0.2) is 18.1 Å².